The van der Waals surface area contributed by atoms with Crippen molar-refractivity contribution in [3.63, 3.8) is 0 Å². The normalized spacial score (nSPS) is 13.0. The van der Waals surface area contributed by atoms with E-state index in [-0.39, 0.29) is 6.61 Å². The van der Waals surface area contributed by atoms with Crippen molar-refractivity contribution in [2.24, 2.45) is 0 Å². The lowest BCUT2D eigenvalue weighted by molar-refractivity contribution is 0.0957. The highest BCUT2D eigenvalue weighted by Crippen LogP contribution is 2.29. The molecule has 0 fully saturated rings. The zero-order valence-corrected chi connectivity index (χ0v) is 7.68. The van der Waals surface area contributed by atoms with Crippen molar-refractivity contribution in [2.75, 3.05) is 6.61 Å². The molecule has 0 aliphatic rings. The second-order valence-electron chi connectivity index (χ2n) is 2.33. The largest absolute Gasteiger partial charge is 0.393 e. The van der Waals surface area contributed by atoms with Gasteiger partial charge in [0.2, 0.25) is 0 Å². The Hall–Kier alpha value is -0.280. The first-order valence-corrected chi connectivity index (χ1v) is 4.15. The van der Waals surface area contributed by atoms with Gasteiger partial charge in [-0.15, -0.1) is 0 Å². The van der Waals surface area contributed by atoms with E-state index in [1.165, 1.54) is 0 Å². The Kier molecular flexibility index (Phi) is 3.35. The molecule has 4 heteroatoms. The van der Waals surface area contributed by atoms with E-state index in [2.05, 4.69) is 0 Å². The monoisotopic (exact) mass is 206 g/mol. The number of hydrogen-bond donors (Lipinski definition) is 2. The van der Waals surface area contributed by atoms with Crippen LogP contribution in [0.1, 0.15) is 11.7 Å². The maximum Gasteiger partial charge on any atom is 0.105 e. The van der Waals surface area contributed by atoms with Crippen LogP contribution in [-0.2, 0) is 0 Å². The summed E-state index contributed by atoms with van der Waals surface area (Å²) in [5.41, 5.74) is 0.378. The molecule has 0 saturated heterocycles. The first-order chi connectivity index (χ1) is 5.66. The molecule has 0 saturated carbocycles. The van der Waals surface area contributed by atoms with E-state index in [4.69, 9.17) is 28.3 Å². The molecule has 1 unspecified atom stereocenters. The maximum absolute atomic E-state index is 9.27. The van der Waals surface area contributed by atoms with E-state index < -0.39 is 6.10 Å². The molecule has 1 aromatic carbocycles. The molecule has 0 heterocycles. The average Bonchev–Trinajstić information content (AvgIpc) is 2.03. The van der Waals surface area contributed by atoms with Crippen LogP contribution < -0.4 is 0 Å². The standard InChI is InChI=1S/C8H8Cl2O2/c9-5-2-1-3-6(10)8(5)7(12)4-11/h1-3,7,11-12H,4H2. The summed E-state index contributed by atoms with van der Waals surface area (Å²) < 4.78 is 0. The first-order valence-electron chi connectivity index (χ1n) is 3.39. The van der Waals surface area contributed by atoms with E-state index in [1.54, 1.807) is 18.2 Å². The quantitative estimate of drug-likeness (QED) is 0.778. The van der Waals surface area contributed by atoms with Gasteiger partial charge in [-0.05, 0) is 12.1 Å². The Labute approximate surface area is 80.4 Å². The topological polar surface area (TPSA) is 40.5 Å². The molecule has 0 radical (unpaired) electrons. The van der Waals surface area contributed by atoms with Crippen molar-refractivity contribution < 1.29 is 10.2 Å². The zero-order chi connectivity index (χ0) is 9.14. The SMILES string of the molecule is OCC(O)c1c(Cl)cccc1Cl. The highest BCUT2D eigenvalue weighted by molar-refractivity contribution is 6.36. The van der Waals surface area contributed by atoms with Crippen molar-refractivity contribution in [2.45, 2.75) is 6.10 Å². The summed E-state index contributed by atoms with van der Waals surface area (Å²) >= 11 is 11.5. The average molecular weight is 207 g/mol. The molecule has 0 aromatic heterocycles. The molecule has 0 amide bonds. The first kappa shape index (κ1) is 9.81. The number of halogens is 2. The lowest BCUT2D eigenvalue weighted by Gasteiger charge is -2.10. The van der Waals surface area contributed by atoms with Gasteiger partial charge in [-0.25, -0.2) is 0 Å². The third-order valence-corrected chi connectivity index (χ3v) is 2.17. The van der Waals surface area contributed by atoms with Crippen LogP contribution in [0.2, 0.25) is 10.0 Å². The van der Waals surface area contributed by atoms with Gasteiger partial charge < -0.3 is 10.2 Å². The minimum atomic E-state index is -1.01. The van der Waals surface area contributed by atoms with Crippen molar-refractivity contribution >= 4 is 23.2 Å². The van der Waals surface area contributed by atoms with Gasteiger partial charge in [-0.1, -0.05) is 29.3 Å². The lowest BCUT2D eigenvalue weighted by Crippen LogP contribution is -2.03. The number of aliphatic hydroxyl groups excluding tert-OH is 2. The molecule has 0 aliphatic carbocycles. The van der Waals surface area contributed by atoms with E-state index >= 15 is 0 Å². The molecule has 1 aromatic rings. The van der Waals surface area contributed by atoms with E-state index in [0.717, 1.165) is 0 Å². The molecule has 1 atom stereocenters. The van der Waals surface area contributed by atoms with E-state index in [1.807, 2.05) is 0 Å². The van der Waals surface area contributed by atoms with Crippen LogP contribution in [0.5, 0.6) is 0 Å². The van der Waals surface area contributed by atoms with Gasteiger partial charge in [0, 0.05) is 15.6 Å². The Morgan fingerprint density at radius 2 is 1.75 bits per heavy atom. The van der Waals surface area contributed by atoms with Crippen LogP contribution in [0.3, 0.4) is 0 Å². The van der Waals surface area contributed by atoms with Crippen LogP contribution in [0.25, 0.3) is 0 Å². The van der Waals surface area contributed by atoms with Gasteiger partial charge in [0.05, 0.1) is 6.61 Å². The summed E-state index contributed by atoms with van der Waals surface area (Å²) in [6.45, 7) is -0.385. The van der Waals surface area contributed by atoms with Crippen molar-refractivity contribution in [3.8, 4) is 0 Å². The van der Waals surface area contributed by atoms with Gasteiger partial charge in [0.15, 0.2) is 0 Å². The number of aliphatic hydroxyl groups is 2. The summed E-state index contributed by atoms with van der Waals surface area (Å²) in [5.74, 6) is 0. The second-order valence-corrected chi connectivity index (χ2v) is 3.15. The maximum atomic E-state index is 9.27. The molecule has 0 aliphatic heterocycles. The van der Waals surface area contributed by atoms with Gasteiger partial charge >= 0.3 is 0 Å². The Morgan fingerprint density at radius 3 is 2.17 bits per heavy atom. The molecule has 2 N–H and O–H groups in total. The third kappa shape index (κ3) is 1.90. The number of benzene rings is 1. The highest BCUT2D eigenvalue weighted by atomic mass is 35.5. The Balaban J connectivity index is 3.12. The smallest absolute Gasteiger partial charge is 0.105 e. The van der Waals surface area contributed by atoms with Crippen molar-refractivity contribution in [1.29, 1.82) is 0 Å². The summed E-state index contributed by atoms with van der Waals surface area (Å²) in [5, 5.41) is 18.7. The molecule has 0 bridgehead atoms. The number of rotatable bonds is 2. The zero-order valence-electron chi connectivity index (χ0n) is 6.17. The van der Waals surface area contributed by atoms with Crippen molar-refractivity contribution in [1.82, 2.24) is 0 Å². The van der Waals surface area contributed by atoms with Crippen LogP contribution in [-0.4, -0.2) is 16.8 Å². The second kappa shape index (κ2) is 4.10. The summed E-state index contributed by atoms with van der Waals surface area (Å²) in [6, 6.07) is 4.90. The van der Waals surface area contributed by atoms with E-state index in [0.29, 0.717) is 15.6 Å². The molecular weight excluding hydrogens is 199 g/mol. The Bertz CT molecular complexity index is 256. The summed E-state index contributed by atoms with van der Waals surface area (Å²) in [6.07, 6.45) is -1.01. The third-order valence-electron chi connectivity index (χ3n) is 1.51. The number of hydrogen-bond acceptors (Lipinski definition) is 2. The fraction of sp³-hybridized carbons (Fsp3) is 0.250. The molecule has 2 nitrogen and oxygen atoms in total. The highest BCUT2D eigenvalue weighted by Gasteiger charge is 2.13. The van der Waals surface area contributed by atoms with Crippen LogP contribution in [0, 0.1) is 0 Å². The van der Waals surface area contributed by atoms with Gasteiger partial charge in [-0.3, -0.25) is 0 Å². The van der Waals surface area contributed by atoms with Gasteiger partial charge in [-0.2, -0.15) is 0 Å². The van der Waals surface area contributed by atoms with E-state index in [9.17, 15) is 5.11 Å². The molecule has 66 valence electrons. The summed E-state index contributed by atoms with van der Waals surface area (Å²) in [7, 11) is 0. The van der Waals surface area contributed by atoms with Crippen LogP contribution in [0.4, 0.5) is 0 Å². The fourth-order valence-corrected chi connectivity index (χ4v) is 1.57. The predicted octanol–water partition coefficient (Wildman–Crippen LogP) is 2.02. The van der Waals surface area contributed by atoms with Gasteiger partial charge in [0.1, 0.15) is 6.10 Å². The minimum absolute atomic E-state index is 0.365. The fourth-order valence-electron chi connectivity index (χ4n) is 0.920. The van der Waals surface area contributed by atoms with Crippen LogP contribution in [0.15, 0.2) is 18.2 Å². The van der Waals surface area contributed by atoms with Crippen LogP contribution >= 0.6 is 23.2 Å². The molecular formula is C8H8Cl2O2. The molecule has 0 spiro atoms. The Morgan fingerprint density at radius 1 is 1.25 bits per heavy atom. The van der Waals surface area contributed by atoms with Crippen molar-refractivity contribution in [3.05, 3.63) is 33.8 Å². The van der Waals surface area contributed by atoms with Gasteiger partial charge in [0.25, 0.3) is 0 Å². The summed E-state index contributed by atoms with van der Waals surface area (Å²) in [4.78, 5) is 0. The molecule has 12 heavy (non-hydrogen) atoms. The predicted molar refractivity (Wildman–Crippen MR) is 48.5 cm³/mol. The molecule has 1 rings (SSSR count). The minimum Gasteiger partial charge on any atom is -0.393 e. The lowest BCUT2D eigenvalue weighted by atomic mass is 10.1.